The number of hydrogen-bond donors (Lipinski definition) is 0. The molecule has 7 heteroatoms. The molecule has 0 saturated carbocycles. The molecule has 1 atom stereocenters. The van der Waals surface area contributed by atoms with E-state index in [2.05, 4.69) is 17.2 Å². The lowest BCUT2D eigenvalue weighted by molar-refractivity contribution is 0.0202. The van der Waals surface area contributed by atoms with Crippen molar-refractivity contribution in [1.29, 1.82) is 0 Å². The third-order valence-electron chi connectivity index (χ3n) is 4.78. The highest BCUT2D eigenvalue weighted by Gasteiger charge is 2.31. The Balaban J connectivity index is 1.79. The molecule has 0 saturated heterocycles. The van der Waals surface area contributed by atoms with Gasteiger partial charge in [0.25, 0.3) is 0 Å². The van der Waals surface area contributed by atoms with E-state index in [9.17, 15) is 8.42 Å². The average molecular weight is 363 g/mol. The Kier molecular flexibility index (Phi) is 4.99. The quantitative estimate of drug-likeness (QED) is 0.817. The lowest BCUT2D eigenvalue weighted by Crippen LogP contribution is -2.38. The second-order valence-corrected chi connectivity index (χ2v) is 8.49. The minimum atomic E-state index is -3.60. The van der Waals surface area contributed by atoms with E-state index in [4.69, 9.17) is 4.74 Å². The smallest absolute Gasteiger partial charge is 0.246 e. The van der Waals surface area contributed by atoms with Crippen LogP contribution in [-0.2, 0) is 34.3 Å². The Hall–Kier alpha value is -1.70. The minimum Gasteiger partial charge on any atom is -0.372 e. The Labute approximate surface area is 149 Å². The summed E-state index contributed by atoms with van der Waals surface area (Å²) in [7, 11) is -1.98. The molecule has 1 aromatic heterocycles. The van der Waals surface area contributed by atoms with Crippen LogP contribution in [0, 0.1) is 13.8 Å². The molecule has 0 radical (unpaired) electrons. The van der Waals surface area contributed by atoms with Crippen molar-refractivity contribution in [3.63, 3.8) is 0 Å². The molecule has 0 bridgehead atoms. The fourth-order valence-corrected chi connectivity index (χ4v) is 5.00. The molecule has 6 nitrogen and oxygen atoms in total. The molecule has 1 aromatic carbocycles. The van der Waals surface area contributed by atoms with Crippen molar-refractivity contribution in [2.75, 3.05) is 13.6 Å². The highest BCUT2D eigenvalue weighted by Crippen LogP contribution is 2.25. The predicted molar refractivity (Wildman–Crippen MR) is 95.9 cm³/mol. The summed E-state index contributed by atoms with van der Waals surface area (Å²) < 4.78 is 35.1. The number of fused-ring (bicyclic) bond motifs is 1. The van der Waals surface area contributed by atoms with E-state index in [0.717, 1.165) is 6.42 Å². The van der Waals surface area contributed by atoms with E-state index >= 15 is 0 Å². The van der Waals surface area contributed by atoms with Crippen molar-refractivity contribution >= 4 is 10.0 Å². The predicted octanol–water partition coefficient (Wildman–Crippen LogP) is 2.28. The van der Waals surface area contributed by atoms with Crippen molar-refractivity contribution in [3.05, 3.63) is 46.8 Å². The number of rotatable bonds is 5. The van der Waals surface area contributed by atoms with Gasteiger partial charge in [0.15, 0.2) is 0 Å². The van der Waals surface area contributed by atoms with Gasteiger partial charge in [-0.2, -0.15) is 9.40 Å². The molecule has 1 aliphatic heterocycles. The Morgan fingerprint density at radius 2 is 1.96 bits per heavy atom. The van der Waals surface area contributed by atoms with Crippen molar-refractivity contribution in [1.82, 2.24) is 14.1 Å². The van der Waals surface area contributed by atoms with E-state index in [1.165, 1.54) is 15.4 Å². The van der Waals surface area contributed by atoms with Crippen LogP contribution in [0.4, 0.5) is 0 Å². The summed E-state index contributed by atoms with van der Waals surface area (Å²) in [5.74, 6) is 0. The fraction of sp³-hybridized carbons (Fsp3) is 0.500. The molecule has 0 aliphatic carbocycles. The van der Waals surface area contributed by atoms with Crippen LogP contribution < -0.4 is 0 Å². The summed E-state index contributed by atoms with van der Waals surface area (Å²) in [6, 6.07) is 8.14. The molecule has 0 N–H and O–H groups in total. The van der Waals surface area contributed by atoms with Gasteiger partial charge in [0, 0.05) is 26.6 Å². The minimum absolute atomic E-state index is 0.142. The Bertz CT molecular complexity index is 874. The van der Waals surface area contributed by atoms with Crippen molar-refractivity contribution in [2.24, 2.45) is 0 Å². The van der Waals surface area contributed by atoms with Crippen LogP contribution in [0.5, 0.6) is 0 Å². The number of hydrogen-bond acceptors (Lipinski definition) is 4. The van der Waals surface area contributed by atoms with Gasteiger partial charge >= 0.3 is 0 Å². The number of aryl methyl sites for hydroxylation is 2. The van der Waals surface area contributed by atoms with Gasteiger partial charge in [-0.05, 0) is 31.9 Å². The first-order valence-electron chi connectivity index (χ1n) is 8.53. The number of likely N-dealkylation sites (N-methyl/N-ethyl adjacent to an activating group) is 1. The summed E-state index contributed by atoms with van der Waals surface area (Å²) in [5, 5.41) is 4.33. The largest absolute Gasteiger partial charge is 0.372 e. The maximum absolute atomic E-state index is 13.0. The molecular weight excluding hydrogens is 338 g/mol. The zero-order chi connectivity index (χ0) is 18.2. The van der Waals surface area contributed by atoms with Gasteiger partial charge < -0.3 is 4.74 Å². The van der Waals surface area contributed by atoms with Gasteiger partial charge in [-0.1, -0.05) is 24.3 Å². The number of nitrogens with zero attached hydrogens (tertiary/aromatic N) is 3. The van der Waals surface area contributed by atoms with E-state index in [0.29, 0.717) is 36.0 Å². The number of benzene rings is 1. The van der Waals surface area contributed by atoms with Gasteiger partial charge in [0.1, 0.15) is 4.90 Å². The first-order valence-corrected chi connectivity index (χ1v) is 9.97. The molecule has 2 heterocycles. The molecule has 3 rings (SSSR count). The lowest BCUT2D eigenvalue weighted by Gasteiger charge is -2.28. The fourth-order valence-electron chi connectivity index (χ4n) is 3.43. The van der Waals surface area contributed by atoms with Crippen molar-refractivity contribution in [2.45, 2.75) is 51.3 Å². The normalized spacial score (nSPS) is 17.7. The maximum Gasteiger partial charge on any atom is 0.246 e. The van der Waals surface area contributed by atoms with Crippen LogP contribution in [0.15, 0.2) is 29.2 Å². The van der Waals surface area contributed by atoms with Crippen LogP contribution in [-0.4, -0.2) is 42.2 Å². The number of sulfonamides is 1. The second-order valence-electron chi connectivity index (χ2n) is 6.51. The van der Waals surface area contributed by atoms with E-state index in [-0.39, 0.29) is 6.10 Å². The molecular formula is C18H25N3O3S. The molecule has 0 spiro atoms. The Morgan fingerprint density at radius 3 is 2.60 bits per heavy atom. The van der Waals surface area contributed by atoms with Crippen LogP contribution in [0.3, 0.4) is 0 Å². The van der Waals surface area contributed by atoms with Gasteiger partial charge in [0.2, 0.25) is 10.0 Å². The molecule has 0 amide bonds. The summed E-state index contributed by atoms with van der Waals surface area (Å²) in [4.78, 5) is 0.313. The molecule has 25 heavy (non-hydrogen) atoms. The van der Waals surface area contributed by atoms with Gasteiger partial charge in [-0.25, -0.2) is 8.42 Å². The van der Waals surface area contributed by atoms with Gasteiger partial charge in [-0.15, -0.1) is 0 Å². The van der Waals surface area contributed by atoms with E-state index < -0.39 is 10.0 Å². The van der Waals surface area contributed by atoms with Crippen molar-refractivity contribution in [3.8, 4) is 0 Å². The average Bonchev–Trinajstić information content (AvgIpc) is 2.89. The van der Waals surface area contributed by atoms with E-state index in [1.54, 1.807) is 25.6 Å². The number of aromatic nitrogens is 2. The van der Waals surface area contributed by atoms with Crippen LogP contribution >= 0.6 is 0 Å². The second kappa shape index (κ2) is 6.90. The molecule has 0 unspecified atom stereocenters. The zero-order valence-corrected chi connectivity index (χ0v) is 16.0. The summed E-state index contributed by atoms with van der Waals surface area (Å²) in [5.41, 5.74) is 3.64. The monoisotopic (exact) mass is 363 g/mol. The third-order valence-corrected chi connectivity index (χ3v) is 6.86. The highest BCUT2D eigenvalue weighted by atomic mass is 32.2. The standard InChI is InChI=1S/C18H25N3O3S/c1-5-21-14(3)18(13(2)19-21)25(22,23)20(4)11-17-10-15-8-6-7-9-16(15)12-24-17/h6-9,17H,5,10-12H2,1-4H3/t17-/m1/s1. The number of ether oxygens (including phenoxy) is 1. The van der Waals surface area contributed by atoms with Crippen LogP contribution in [0.2, 0.25) is 0 Å². The van der Waals surface area contributed by atoms with Crippen LogP contribution in [0.25, 0.3) is 0 Å². The Morgan fingerprint density at radius 1 is 1.28 bits per heavy atom. The molecule has 136 valence electrons. The summed E-state index contributed by atoms with van der Waals surface area (Å²) in [6.07, 6.45) is 0.582. The highest BCUT2D eigenvalue weighted by molar-refractivity contribution is 7.89. The molecule has 2 aromatic rings. The van der Waals surface area contributed by atoms with Gasteiger partial charge in [0.05, 0.1) is 24.1 Å². The van der Waals surface area contributed by atoms with Crippen LogP contribution in [0.1, 0.15) is 29.4 Å². The molecule has 1 aliphatic rings. The maximum atomic E-state index is 13.0. The topological polar surface area (TPSA) is 64.4 Å². The molecule has 0 fully saturated rings. The van der Waals surface area contributed by atoms with Crippen molar-refractivity contribution < 1.29 is 13.2 Å². The summed E-state index contributed by atoms with van der Waals surface area (Å²) >= 11 is 0. The van der Waals surface area contributed by atoms with Gasteiger partial charge in [-0.3, -0.25) is 4.68 Å². The third kappa shape index (κ3) is 3.36. The zero-order valence-electron chi connectivity index (χ0n) is 15.2. The first kappa shape index (κ1) is 18.1. The first-order chi connectivity index (χ1) is 11.8. The SMILES string of the molecule is CCn1nc(C)c(S(=O)(=O)N(C)C[C@H]2Cc3ccccc3CO2)c1C. The lowest BCUT2D eigenvalue weighted by atomic mass is 9.99. The van der Waals surface area contributed by atoms with E-state index in [1.807, 2.05) is 19.1 Å². The summed E-state index contributed by atoms with van der Waals surface area (Å²) in [6.45, 7) is 7.00.